The number of nitrogens with one attached hydrogen (secondary N) is 1. The van der Waals surface area contributed by atoms with Gasteiger partial charge in [0.25, 0.3) is 0 Å². The summed E-state index contributed by atoms with van der Waals surface area (Å²) in [5.74, 6) is -0.463. The Hall–Kier alpha value is -2.50. The lowest BCUT2D eigenvalue weighted by Gasteiger charge is -2.24. The number of hydrogen-bond donors (Lipinski definition) is 1. The molecular weight excluding hydrogens is 317 g/mol. The number of hydrogen-bond acceptors (Lipinski definition) is 2. The number of carbonyl (C=O) groups excluding carboxylic acids is 1. The summed E-state index contributed by atoms with van der Waals surface area (Å²) in [6.45, 7) is 2.02. The molecule has 1 heterocycles. The molecule has 0 radical (unpaired) electrons. The number of rotatable bonds is 3. The molecule has 1 aliphatic heterocycles. The average molecular weight is 334 g/mol. The zero-order chi connectivity index (χ0) is 17.3. The van der Waals surface area contributed by atoms with E-state index >= 15 is 0 Å². The molecule has 1 atom stereocenters. The standard InChI is InChI=1S/C18H17F3N2O/c1-12-10-13-6-2-5-9-16(13)23(12)11-17(24)22-15-8-4-3-7-14(15)18(19,20)21/h2-9,12H,10-11H2,1H3,(H,22,24)/t12-/m1/s1. The summed E-state index contributed by atoms with van der Waals surface area (Å²) in [4.78, 5) is 14.2. The van der Waals surface area contributed by atoms with Gasteiger partial charge in [-0.25, -0.2) is 0 Å². The van der Waals surface area contributed by atoms with Crippen molar-refractivity contribution in [1.29, 1.82) is 0 Å². The molecule has 2 aromatic carbocycles. The van der Waals surface area contributed by atoms with Crippen molar-refractivity contribution in [2.75, 3.05) is 16.8 Å². The van der Waals surface area contributed by atoms with Crippen molar-refractivity contribution >= 4 is 17.3 Å². The maximum atomic E-state index is 13.0. The van der Waals surface area contributed by atoms with Crippen molar-refractivity contribution < 1.29 is 18.0 Å². The molecule has 0 bridgehead atoms. The van der Waals surface area contributed by atoms with E-state index < -0.39 is 17.6 Å². The first kappa shape index (κ1) is 16.4. The number of nitrogens with zero attached hydrogens (tertiary/aromatic N) is 1. The van der Waals surface area contributed by atoms with Gasteiger partial charge in [0.15, 0.2) is 0 Å². The molecule has 0 aliphatic carbocycles. The summed E-state index contributed by atoms with van der Waals surface area (Å²) in [5.41, 5.74) is 1.06. The number of halogens is 3. The lowest BCUT2D eigenvalue weighted by atomic mass is 10.1. The van der Waals surface area contributed by atoms with Crippen molar-refractivity contribution in [3.8, 4) is 0 Å². The highest BCUT2D eigenvalue weighted by Gasteiger charge is 2.34. The van der Waals surface area contributed by atoms with Crippen LogP contribution in [0.1, 0.15) is 18.1 Å². The zero-order valence-electron chi connectivity index (χ0n) is 13.1. The van der Waals surface area contributed by atoms with Crippen molar-refractivity contribution in [2.24, 2.45) is 0 Å². The van der Waals surface area contributed by atoms with E-state index in [1.165, 1.54) is 18.2 Å². The van der Waals surface area contributed by atoms with Crippen LogP contribution in [0, 0.1) is 0 Å². The largest absolute Gasteiger partial charge is 0.418 e. The molecule has 0 aromatic heterocycles. The highest BCUT2D eigenvalue weighted by atomic mass is 19.4. The van der Waals surface area contributed by atoms with Crippen LogP contribution in [0.2, 0.25) is 0 Å². The lowest BCUT2D eigenvalue weighted by molar-refractivity contribution is -0.137. The van der Waals surface area contributed by atoms with Gasteiger partial charge < -0.3 is 10.2 Å². The average Bonchev–Trinajstić information content (AvgIpc) is 2.83. The molecule has 0 saturated carbocycles. The number of para-hydroxylation sites is 2. The Labute approximate surface area is 138 Å². The molecule has 3 nitrogen and oxygen atoms in total. The zero-order valence-corrected chi connectivity index (χ0v) is 13.1. The minimum Gasteiger partial charge on any atom is -0.359 e. The molecule has 1 N–H and O–H groups in total. The Morgan fingerprint density at radius 1 is 1.17 bits per heavy atom. The van der Waals surface area contributed by atoms with Crippen LogP contribution in [0.25, 0.3) is 0 Å². The predicted octanol–water partition coefficient (Wildman–Crippen LogP) is 4.10. The van der Waals surface area contributed by atoms with Crippen LogP contribution in [-0.2, 0) is 17.4 Å². The summed E-state index contributed by atoms with van der Waals surface area (Å²) in [6.07, 6.45) is -3.68. The molecule has 2 aromatic rings. The number of anilines is 2. The van der Waals surface area contributed by atoms with Gasteiger partial charge in [-0.3, -0.25) is 4.79 Å². The van der Waals surface area contributed by atoms with Crippen LogP contribution in [0.15, 0.2) is 48.5 Å². The molecule has 0 spiro atoms. The summed E-state index contributed by atoms with van der Waals surface area (Å²) in [5, 5.41) is 2.39. The number of carbonyl (C=O) groups is 1. The first-order valence-electron chi connectivity index (χ1n) is 7.67. The molecule has 0 unspecified atom stereocenters. The Morgan fingerprint density at radius 2 is 1.83 bits per heavy atom. The second kappa shape index (κ2) is 6.19. The Kier molecular flexibility index (Phi) is 4.22. The second-order valence-electron chi connectivity index (χ2n) is 5.90. The normalized spacial score (nSPS) is 16.8. The monoisotopic (exact) mass is 334 g/mol. The number of fused-ring (bicyclic) bond motifs is 1. The van der Waals surface area contributed by atoms with Crippen LogP contribution in [0.3, 0.4) is 0 Å². The van der Waals surface area contributed by atoms with E-state index in [1.807, 2.05) is 36.1 Å². The Morgan fingerprint density at radius 3 is 2.58 bits per heavy atom. The lowest BCUT2D eigenvalue weighted by Crippen LogP contribution is -2.37. The van der Waals surface area contributed by atoms with Crippen LogP contribution in [-0.4, -0.2) is 18.5 Å². The van der Waals surface area contributed by atoms with E-state index in [2.05, 4.69) is 5.32 Å². The highest BCUT2D eigenvalue weighted by Crippen LogP contribution is 2.35. The molecule has 24 heavy (non-hydrogen) atoms. The smallest absolute Gasteiger partial charge is 0.359 e. The van der Waals surface area contributed by atoms with Gasteiger partial charge in [-0.05, 0) is 37.1 Å². The van der Waals surface area contributed by atoms with Crippen molar-refractivity contribution in [1.82, 2.24) is 0 Å². The van der Waals surface area contributed by atoms with Crippen LogP contribution in [0.5, 0.6) is 0 Å². The van der Waals surface area contributed by atoms with Gasteiger partial charge in [0.2, 0.25) is 5.91 Å². The summed E-state index contributed by atoms with van der Waals surface area (Å²) in [7, 11) is 0. The number of alkyl halides is 3. The molecule has 1 aliphatic rings. The third-order valence-corrected chi connectivity index (χ3v) is 4.17. The minimum atomic E-state index is -4.50. The molecule has 6 heteroatoms. The maximum absolute atomic E-state index is 13.0. The minimum absolute atomic E-state index is 0.0182. The van der Waals surface area contributed by atoms with Gasteiger partial charge in [-0.1, -0.05) is 30.3 Å². The quantitative estimate of drug-likeness (QED) is 0.917. The van der Waals surface area contributed by atoms with Gasteiger partial charge in [0.1, 0.15) is 0 Å². The third kappa shape index (κ3) is 3.22. The number of amides is 1. The van der Waals surface area contributed by atoms with E-state index in [0.717, 1.165) is 23.7 Å². The first-order chi connectivity index (χ1) is 11.4. The topological polar surface area (TPSA) is 32.3 Å². The summed E-state index contributed by atoms with van der Waals surface area (Å²) in [6, 6.07) is 12.9. The van der Waals surface area contributed by atoms with Gasteiger partial charge in [0, 0.05) is 11.7 Å². The van der Waals surface area contributed by atoms with Gasteiger partial charge in [-0.2, -0.15) is 13.2 Å². The molecule has 3 rings (SSSR count). The molecule has 126 valence electrons. The van der Waals surface area contributed by atoms with Crippen LogP contribution >= 0.6 is 0 Å². The molecule has 0 fully saturated rings. The SMILES string of the molecule is C[C@@H]1Cc2ccccc2N1CC(=O)Nc1ccccc1C(F)(F)F. The van der Waals surface area contributed by atoms with Gasteiger partial charge >= 0.3 is 6.18 Å². The van der Waals surface area contributed by atoms with Crippen LogP contribution < -0.4 is 10.2 Å². The second-order valence-corrected chi connectivity index (χ2v) is 5.90. The van der Waals surface area contributed by atoms with Crippen molar-refractivity contribution in [2.45, 2.75) is 25.6 Å². The van der Waals surface area contributed by atoms with E-state index in [-0.39, 0.29) is 18.3 Å². The van der Waals surface area contributed by atoms with Crippen molar-refractivity contribution in [3.05, 3.63) is 59.7 Å². The summed E-state index contributed by atoms with van der Waals surface area (Å²) < 4.78 is 39.0. The predicted molar refractivity (Wildman–Crippen MR) is 87.0 cm³/mol. The first-order valence-corrected chi connectivity index (χ1v) is 7.67. The van der Waals surface area contributed by atoms with E-state index in [9.17, 15) is 18.0 Å². The third-order valence-electron chi connectivity index (χ3n) is 4.17. The fraction of sp³-hybridized carbons (Fsp3) is 0.278. The Balaban J connectivity index is 1.76. The van der Waals surface area contributed by atoms with Crippen molar-refractivity contribution in [3.63, 3.8) is 0 Å². The summed E-state index contributed by atoms with van der Waals surface area (Å²) >= 11 is 0. The van der Waals surface area contributed by atoms with Crippen LogP contribution in [0.4, 0.5) is 24.5 Å². The van der Waals surface area contributed by atoms with Gasteiger partial charge in [0.05, 0.1) is 17.8 Å². The van der Waals surface area contributed by atoms with Gasteiger partial charge in [-0.15, -0.1) is 0 Å². The van der Waals surface area contributed by atoms with E-state index in [1.54, 1.807) is 0 Å². The fourth-order valence-electron chi connectivity index (χ4n) is 3.05. The highest BCUT2D eigenvalue weighted by molar-refractivity contribution is 5.95. The maximum Gasteiger partial charge on any atom is 0.418 e. The fourth-order valence-corrected chi connectivity index (χ4v) is 3.05. The van der Waals surface area contributed by atoms with E-state index in [0.29, 0.717) is 0 Å². The Bertz CT molecular complexity index is 758. The van der Waals surface area contributed by atoms with E-state index in [4.69, 9.17) is 0 Å². The molecular formula is C18H17F3N2O. The number of benzene rings is 2. The molecule has 1 amide bonds. The molecule has 0 saturated heterocycles.